The summed E-state index contributed by atoms with van der Waals surface area (Å²) in [6.45, 7) is 3.86. The van der Waals surface area contributed by atoms with Gasteiger partial charge in [-0.15, -0.1) is 23.7 Å². The molecule has 6 nitrogen and oxygen atoms in total. The van der Waals surface area contributed by atoms with Crippen LogP contribution in [0.25, 0.3) is 0 Å². The van der Waals surface area contributed by atoms with Gasteiger partial charge in [0.2, 0.25) is 0 Å². The quantitative estimate of drug-likeness (QED) is 0.760. The number of carbonyl (C=O) groups excluding carboxylic acids is 1. The molecule has 0 radical (unpaired) electrons. The Kier molecular flexibility index (Phi) is 5.76. The van der Waals surface area contributed by atoms with E-state index in [0.29, 0.717) is 17.4 Å². The fourth-order valence-electron chi connectivity index (χ4n) is 3.72. The summed E-state index contributed by atoms with van der Waals surface area (Å²) < 4.78 is 0. The molecule has 1 aliphatic heterocycles. The van der Waals surface area contributed by atoms with E-state index in [0.717, 1.165) is 43.0 Å². The molecule has 2 aromatic heterocycles. The lowest BCUT2D eigenvalue weighted by Gasteiger charge is -2.19. The Morgan fingerprint density at radius 2 is 2.28 bits per heavy atom. The van der Waals surface area contributed by atoms with E-state index in [9.17, 15) is 4.79 Å². The molecular weight excluding hydrogens is 358 g/mol. The van der Waals surface area contributed by atoms with E-state index in [1.54, 1.807) is 11.3 Å². The van der Waals surface area contributed by atoms with E-state index in [2.05, 4.69) is 32.7 Å². The van der Waals surface area contributed by atoms with E-state index in [1.807, 2.05) is 0 Å². The third-order valence-corrected chi connectivity index (χ3v) is 6.02. The molecule has 0 saturated carbocycles. The van der Waals surface area contributed by atoms with Crippen LogP contribution in [0, 0.1) is 5.92 Å². The molecule has 1 aliphatic carbocycles. The van der Waals surface area contributed by atoms with Gasteiger partial charge in [-0.1, -0.05) is 19.8 Å². The number of nitrogens with one attached hydrogen (secondary N) is 3. The SMILES string of the molecule is CCCC1CCc2nc(NC(=O)c3n[nH]c4c3CNCC4)sc2C1.Cl. The number of hydrogen-bond donors (Lipinski definition) is 3. The number of halogens is 1. The molecule has 3 heterocycles. The van der Waals surface area contributed by atoms with Gasteiger partial charge in [-0.2, -0.15) is 5.10 Å². The molecule has 8 heteroatoms. The summed E-state index contributed by atoms with van der Waals surface area (Å²) in [7, 11) is 0. The molecule has 3 N–H and O–H groups in total. The number of anilines is 1. The molecule has 136 valence electrons. The van der Waals surface area contributed by atoms with Crippen LogP contribution in [0.5, 0.6) is 0 Å². The number of carbonyl (C=O) groups is 1. The number of aromatic nitrogens is 3. The molecule has 25 heavy (non-hydrogen) atoms. The van der Waals surface area contributed by atoms with Gasteiger partial charge in [0.05, 0.1) is 5.69 Å². The van der Waals surface area contributed by atoms with Crippen LogP contribution in [0.2, 0.25) is 0 Å². The Labute approximate surface area is 157 Å². The third-order valence-electron chi connectivity index (χ3n) is 4.98. The van der Waals surface area contributed by atoms with Crippen molar-refractivity contribution in [2.45, 2.75) is 52.0 Å². The summed E-state index contributed by atoms with van der Waals surface area (Å²) in [5, 5.41) is 14.2. The Balaban J connectivity index is 0.00000182. The fourth-order valence-corrected chi connectivity index (χ4v) is 4.84. The molecule has 0 spiro atoms. The van der Waals surface area contributed by atoms with Gasteiger partial charge in [-0.05, 0) is 25.2 Å². The minimum atomic E-state index is -0.160. The van der Waals surface area contributed by atoms with Crippen molar-refractivity contribution in [1.29, 1.82) is 0 Å². The van der Waals surface area contributed by atoms with Crippen LogP contribution in [-0.2, 0) is 25.8 Å². The number of aromatic amines is 1. The second-order valence-electron chi connectivity index (χ2n) is 6.70. The zero-order valence-electron chi connectivity index (χ0n) is 14.4. The highest BCUT2D eigenvalue weighted by atomic mass is 35.5. The van der Waals surface area contributed by atoms with Crippen molar-refractivity contribution >= 4 is 34.8 Å². The Hall–Kier alpha value is -1.44. The number of H-pyrrole nitrogens is 1. The number of aryl methyl sites for hydroxylation is 1. The maximum Gasteiger partial charge on any atom is 0.278 e. The normalized spacial score (nSPS) is 18.8. The first-order valence-electron chi connectivity index (χ1n) is 8.81. The molecule has 2 aromatic rings. The highest BCUT2D eigenvalue weighted by molar-refractivity contribution is 7.15. The lowest BCUT2D eigenvalue weighted by Crippen LogP contribution is -2.25. The van der Waals surface area contributed by atoms with Crippen molar-refractivity contribution < 1.29 is 4.79 Å². The van der Waals surface area contributed by atoms with Gasteiger partial charge in [-0.25, -0.2) is 4.98 Å². The summed E-state index contributed by atoms with van der Waals surface area (Å²) in [5.41, 5.74) is 3.73. The molecule has 1 unspecified atom stereocenters. The van der Waals surface area contributed by atoms with Crippen molar-refractivity contribution in [3.63, 3.8) is 0 Å². The zero-order chi connectivity index (χ0) is 16.5. The van der Waals surface area contributed by atoms with Crippen molar-refractivity contribution in [3.8, 4) is 0 Å². The van der Waals surface area contributed by atoms with Crippen LogP contribution in [0.1, 0.15) is 58.5 Å². The third kappa shape index (κ3) is 3.73. The lowest BCUT2D eigenvalue weighted by molar-refractivity contribution is 0.102. The largest absolute Gasteiger partial charge is 0.312 e. The van der Waals surface area contributed by atoms with Gasteiger partial charge >= 0.3 is 0 Å². The van der Waals surface area contributed by atoms with Gasteiger partial charge in [0.15, 0.2) is 10.8 Å². The van der Waals surface area contributed by atoms with Crippen molar-refractivity contribution in [1.82, 2.24) is 20.5 Å². The summed E-state index contributed by atoms with van der Waals surface area (Å²) in [4.78, 5) is 18.6. The molecule has 4 rings (SSSR count). The molecule has 0 aromatic carbocycles. The summed E-state index contributed by atoms with van der Waals surface area (Å²) in [6.07, 6.45) is 6.77. The predicted octanol–water partition coefficient (Wildman–Crippen LogP) is 3.09. The molecule has 1 atom stereocenters. The molecule has 1 amide bonds. The minimum absolute atomic E-state index is 0. The van der Waals surface area contributed by atoms with Gasteiger partial charge in [0.25, 0.3) is 5.91 Å². The zero-order valence-corrected chi connectivity index (χ0v) is 16.0. The molecule has 0 saturated heterocycles. The molecule has 0 fully saturated rings. The van der Waals surface area contributed by atoms with Crippen LogP contribution in [-0.4, -0.2) is 27.6 Å². The highest BCUT2D eigenvalue weighted by Crippen LogP contribution is 2.34. The molecule has 2 aliphatic rings. The standard InChI is InChI=1S/C17H23N5OS.ClH/c1-2-3-10-4-5-13-14(8-10)24-17(19-13)20-16(23)15-11-9-18-7-6-12(11)21-22-15;/h10,18H,2-9H2,1H3,(H,21,22)(H,19,20,23);1H. The van der Waals surface area contributed by atoms with E-state index >= 15 is 0 Å². The first kappa shape index (κ1) is 18.4. The first-order chi connectivity index (χ1) is 11.7. The monoisotopic (exact) mass is 381 g/mol. The number of amides is 1. The summed E-state index contributed by atoms with van der Waals surface area (Å²) in [5.74, 6) is 0.614. The van der Waals surface area contributed by atoms with Crippen LogP contribution >= 0.6 is 23.7 Å². The predicted molar refractivity (Wildman–Crippen MR) is 102 cm³/mol. The Morgan fingerprint density at radius 1 is 1.40 bits per heavy atom. The topological polar surface area (TPSA) is 82.7 Å². The number of rotatable bonds is 4. The molecular formula is C17H24ClN5OS. The van der Waals surface area contributed by atoms with Crippen molar-refractivity contribution in [2.75, 3.05) is 11.9 Å². The minimum Gasteiger partial charge on any atom is -0.312 e. The smallest absolute Gasteiger partial charge is 0.278 e. The number of nitrogens with zero attached hydrogens (tertiary/aromatic N) is 2. The maximum atomic E-state index is 12.6. The summed E-state index contributed by atoms with van der Waals surface area (Å²) >= 11 is 1.63. The lowest BCUT2D eigenvalue weighted by atomic mass is 9.88. The number of thiazole rings is 1. The highest BCUT2D eigenvalue weighted by Gasteiger charge is 2.25. The first-order valence-corrected chi connectivity index (χ1v) is 9.63. The maximum absolute atomic E-state index is 12.6. The second-order valence-corrected chi connectivity index (χ2v) is 7.78. The Morgan fingerprint density at radius 3 is 3.12 bits per heavy atom. The van der Waals surface area contributed by atoms with E-state index in [1.165, 1.54) is 29.8 Å². The van der Waals surface area contributed by atoms with Crippen LogP contribution in [0.4, 0.5) is 5.13 Å². The summed E-state index contributed by atoms with van der Waals surface area (Å²) in [6, 6.07) is 0. The van der Waals surface area contributed by atoms with E-state index in [4.69, 9.17) is 0 Å². The number of fused-ring (bicyclic) bond motifs is 2. The van der Waals surface area contributed by atoms with E-state index < -0.39 is 0 Å². The van der Waals surface area contributed by atoms with Gasteiger partial charge in [0, 0.05) is 35.6 Å². The fraction of sp³-hybridized carbons (Fsp3) is 0.588. The van der Waals surface area contributed by atoms with Gasteiger partial charge < -0.3 is 5.32 Å². The van der Waals surface area contributed by atoms with E-state index in [-0.39, 0.29) is 18.3 Å². The van der Waals surface area contributed by atoms with Gasteiger partial charge in [-0.3, -0.25) is 15.2 Å². The van der Waals surface area contributed by atoms with Crippen LogP contribution in [0.3, 0.4) is 0 Å². The van der Waals surface area contributed by atoms with Crippen LogP contribution in [0.15, 0.2) is 0 Å². The van der Waals surface area contributed by atoms with Crippen LogP contribution < -0.4 is 10.6 Å². The average molecular weight is 382 g/mol. The average Bonchev–Trinajstić information content (AvgIpc) is 3.18. The molecule has 0 bridgehead atoms. The van der Waals surface area contributed by atoms with Crippen molar-refractivity contribution in [2.24, 2.45) is 5.92 Å². The van der Waals surface area contributed by atoms with Gasteiger partial charge in [0.1, 0.15) is 0 Å². The number of hydrogen-bond acceptors (Lipinski definition) is 5. The Bertz CT molecular complexity index is 756. The second kappa shape index (κ2) is 7.85. The van der Waals surface area contributed by atoms with Crippen molar-refractivity contribution in [3.05, 3.63) is 27.5 Å².